The third-order valence-electron chi connectivity index (χ3n) is 7.88. The number of nitrogens with two attached hydrogens (primary N) is 1. The lowest BCUT2D eigenvalue weighted by Gasteiger charge is -2.30. The Kier molecular flexibility index (Phi) is 3.85. The number of rotatable bonds is 1. The van der Waals surface area contributed by atoms with Crippen molar-refractivity contribution in [1.82, 2.24) is 0 Å². The first-order valence-electron chi connectivity index (χ1n) is 12.0. The van der Waals surface area contributed by atoms with Crippen LogP contribution in [0.2, 0.25) is 0 Å². The molecule has 0 heterocycles. The highest BCUT2D eigenvalue weighted by atomic mass is 16.3. The van der Waals surface area contributed by atoms with E-state index in [0.717, 1.165) is 39.9 Å². The summed E-state index contributed by atoms with van der Waals surface area (Å²) in [7, 11) is 0. The highest BCUT2D eigenvalue weighted by Crippen LogP contribution is 2.64. The Morgan fingerprint density at radius 2 is 1.44 bits per heavy atom. The zero-order valence-corrected chi connectivity index (χ0v) is 19.0. The molecule has 0 aliphatic heterocycles. The van der Waals surface area contributed by atoms with Gasteiger partial charge in [-0.3, -0.25) is 0 Å². The van der Waals surface area contributed by atoms with E-state index in [1.54, 1.807) is 0 Å². The molecule has 2 atom stereocenters. The fourth-order valence-electron chi connectivity index (χ4n) is 6.39. The summed E-state index contributed by atoms with van der Waals surface area (Å²) in [5.74, 6) is 0.892. The normalized spacial score (nSPS) is 21.1. The van der Waals surface area contributed by atoms with Crippen LogP contribution in [0.25, 0.3) is 27.8 Å². The third-order valence-corrected chi connectivity index (χ3v) is 7.88. The Hall–Kier alpha value is -4.04. The van der Waals surface area contributed by atoms with Gasteiger partial charge in [0.15, 0.2) is 0 Å². The van der Waals surface area contributed by atoms with Gasteiger partial charge in [-0.1, -0.05) is 91.9 Å². The fourth-order valence-corrected chi connectivity index (χ4v) is 6.39. The SMILES string of the molecule is CC1C=CC(c2ccc3c(c2O)-c2ccccc2C32c3ccccc3-c3ccc(N)cc32)=CC1. The number of nitrogen functional groups attached to an aromatic ring is 1. The minimum atomic E-state index is -0.492. The number of phenols is 1. The molecular formula is C32H25NO. The van der Waals surface area contributed by atoms with E-state index in [1.807, 2.05) is 6.07 Å². The molecule has 0 radical (unpaired) electrons. The van der Waals surface area contributed by atoms with Crippen LogP contribution in [0.5, 0.6) is 5.75 Å². The Labute approximate surface area is 199 Å². The maximum absolute atomic E-state index is 11.8. The number of anilines is 1. The second-order valence-electron chi connectivity index (χ2n) is 9.76. The van der Waals surface area contributed by atoms with E-state index in [1.165, 1.54) is 27.8 Å². The Morgan fingerprint density at radius 3 is 2.21 bits per heavy atom. The van der Waals surface area contributed by atoms with Gasteiger partial charge in [-0.15, -0.1) is 0 Å². The molecule has 0 aromatic heterocycles. The van der Waals surface area contributed by atoms with E-state index in [4.69, 9.17) is 5.73 Å². The largest absolute Gasteiger partial charge is 0.507 e. The third kappa shape index (κ3) is 2.30. The lowest BCUT2D eigenvalue weighted by atomic mass is 9.70. The van der Waals surface area contributed by atoms with Crippen molar-refractivity contribution < 1.29 is 5.11 Å². The van der Waals surface area contributed by atoms with E-state index in [2.05, 4.69) is 97.9 Å². The molecule has 3 aliphatic rings. The molecule has 2 unspecified atom stereocenters. The smallest absolute Gasteiger partial charge is 0.131 e. The zero-order valence-electron chi connectivity index (χ0n) is 19.0. The van der Waals surface area contributed by atoms with Crippen LogP contribution in [0.4, 0.5) is 5.69 Å². The number of phenolic OH excluding ortho intramolecular Hbond substituents is 1. The molecule has 4 aromatic carbocycles. The van der Waals surface area contributed by atoms with Crippen molar-refractivity contribution in [3.8, 4) is 28.0 Å². The Morgan fingerprint density at radius 1 is 0.765 bits per heavy atom. The molecule has 0 fully saturated rings. The van der Waals surface area contributed by atoms with Gasteiger partial charge in [-0.2, -0.15) is 0 Å². The summed E-state index contributed by atoms with van der Waals surface area (Å²) in [6, 6.07) is 27.8. The number of allylic oxidation sites excluding steroid dienone is 4. The first kappa shape index (κ1) is 19.4. The van der Waals surface area contributed by atoms with Crippen molar-refractivity contribution >= 4 is 11.3 Å². The first-order valence-corrected chi connectivity index (χ1v) is 12.0. The van der Waals surface area contributed by atoms with E-state index >= 15 is 0 Å². The molecule has 0 saturated carbocycles. The fraction of sp³-hybridized carbons (Fsp3) is 0.125. The quantitative estimate of drug-likeness (QED) is 0.264. The molecule has 0 saturated heterocycles. The predicted octanol–water partition coefficient (Wildman–Crippen LogP) is 7.30. The molecule has 1 spiro atoms. The Balaban J connectivity index is 1.60. The molecule has 2 heteroatoms. The van der Waals surface area contributed by atoms with Crippen LogP contribution >= 0.6 is 0 Å². The van der Waals surface area contributed by atoms with Crippen LogP contribution in [0.1, 0.15) is 41.2 Å². The molecule has 0 amide bonds. The van der Waals surface area contributed by atoms with Crippen molar-refractivity contribution in [1.29, 1.82) is 0 Å². The number of fused-ring (bicyclic) bond motifs is 10. The molecule has 0 bridgehead atoms. The Bertz CT molecular complexity index is 1570. The molecule has 164 valence electrons. The molecule has 34 heavy (non-hydrogen) atoms. The highest BCUT2D eigenvalue weighted by Gasteiger charge is 2.52. The van der Waals surface area contributed by atoms with Crippen LogP contribution < -0.4 is 5.73 Å². The lowest BCUT2D eigenvalue weighted by molar-refractivity contribution is 0.475. The summed E-state index contributed by atoms with van der Waals surface area (Å²) < 4.78 is 0. The van der Waals surface area contributed by atoms with Crippen LogP contribution in [-0.2, 0) is 5.41 Å². The number of aromatic hydroxyl groups is 1. The standard InChI is InChI=1S/C32H25NO/c1-19-10-12-20(13-11-19)22-16-17-28-30(31(22)34)25-7-3-5-9-27(25)32(28)26-8-4-2-6-23(26)24-15-14-21(33)18-29(24)32/h2-10,12-19,34H,11,33H2,1H3. The summed E-state index contributed by atoms with van der Waals surface area (Å²) in [6.07, 6.45) is 7.60. The minimum absolute atomic E-state index is 0.363. The van der Waals surface area contributed by atoms with E-state index in [-0.39, 0.29) is 0 Å². The van der Waals surface area contributed by atoms with Gasteiger partial charge in [0.05, 0.1) is 5.41 Å². The van der Waals surface area contributed by atoms with Crippen LogP contribution in [0, 0.1) is 5.92 Å². The van der Waals surface area contributed by atoms with Crippen molar-refractivity contribution in [2.45, 2.75) is 18.8 Å². The number of benzene rings is 4. The number of hydrogen-bond donors (Lipinski definition) is 2. The van der Waals surface area contributed by atoms with E-state index < -0.39 is 5.41 Å². The minimum Gasteiger partial charge on any atom is -0.507 e. The van der Waals surface area contributed by atoms with Crippen LogP contribution in [-0.4, -0.2) is 5.11 Å². The summed E-state index contributed by atoms with van der Waals surface area (Å²) in [5, 5.41) is 11.8. The molecule has 3 N–H and O–H groups in total. The van der Waals surface area contributed by atoms with Gasteiger partial charge in [0.25, 0.3) is 0 Å². The van der Waals surface area contributed by atoms with E-state index in [9.17, 15) is 5.11 Å². The van der Waals surface area contributed by atoms with Gasteiger partial charge in [0, 0.05) is 16.8 Å². The first-order chi connectivity index (χ1) is 16.6. The predicted molar refractivity (Wildman–Crippen MR) is 140 cm³/mol. The van der Waals surface area contributed by atoms with Gasteiger partial charge in [0.1, 0.15) is 5.75 Å². The lowest BCUT2D eigenvalue weighted by Crippen LogP contribution is -2.26. The second kappa shape index (κ2) is 6.74. The topological polar surface area (TPSA) is 46.2 Å². The van der Waals surface area contributed by atoms with Crippen LogP contribution in [0.3, 0.4) is 0 Å². The van der Waals surface area contributed by atoms with Crippen molar-refractivity contribution in [3.05, 3.63) is 125 Å². The summed E-state index contributed by atoms with van der Waals surface area (Å²) in [5.41, 5.74) is 17.8. The van der Waals surface area contributed by atoms with Gasteiger partial charge in [0.2, 0.25) is 0 Å². The van der Waals surface area contributed by atoms with Crippen molar-refractivity contribution in [3.63, 3.8) is 0 Å². The maximum Gasteiger partial charge on any atom is 0.131 e. The van der Waals surface area contributed by atoms with Gasteiger partial charge >= 0.3 is 0 Å². The maximum atomic E-state index is 11.8. The average Bonchev–Trinajstić information content (AvgIpc) is 3.32. The zero-order chi connectivity index (χ0) is 23.0. The molecule has 4 aromatic rings. The monoisotopic (exact) mass is 439 g/mol. The molecule has 2 nitrogen and oxygen atoms in total. The second-order valence-corrected chi connectivity index (χ2v) is 9.76. The molecular weight excluding hydrogens is 414 g/mol. The number of hydrogen-bond acceptors (Lipinski definition) is 2. The van der Waals surface area contributed by atoms with Crippen LogP contribution in [0.15, 0.2) is 97.1 Å². The molecule has 7 rings (SSSR count). The van der Waals surface area contributed by atoms with E-state index in [0.29, 0.717) is 11.7 Å². The average molecular weight is 440 g/mol. The summed E-state index contributed by atoms with van der Waals surface area (Å²) >= 11 is 0. The summed E-state index contributed by atoms with van der Waals surface area (Å²) in [6.45, 7) is 2.22. The van der Waals surface area contributed by atoms with Gasteiger partial charge < -0.3 is 10.8 Å². The molecule has 3 aliphatic carbocycles. The van der Waals surface area contributed by atoms with Gasteiger partial charge in [-0.25, -0.2) is 0 Å². The van der Waals surface area contributed by atoms with Gasteiger partial charge in [-0.05, 0) is 69.0 Å². The highest BCUT2D eigenvalue weighted by molar-refractivity contribution is 5.99. The van der Waals surface area contributed by atoms with Crippen molar-refractivity contribution in [2.24, 2.45) is 5.92 Å². The summed E-state index contributed by atoms with van der Waals surface area (Å²) in [4.78, 5) is 0. The van der Waals surface area contributed by atoms with Crippen molar-refractivity contribution in [2.75, 3.05) is 5.73 Å².